The molecule has 1 amide bonds. The topological polar surface area (TPSA) is 64.0 Å². The molecule has 142 valence electrons. The van der Waals surface area contributed by atoms with Crippen LogP contribution in [0.25, 0.3) is 16.6 Å². The molecule has 1 aromatic heterocycles. The van der Waals surface area contributed by atoms with Crippen LogP contribution in [0.15, 0.2) is 46.3 Å². The number of halogens is 3. The van der Waals surface area contributed by atoms with Gasteiger partial charge in [-0.15, -0.1) is 6.42 Å². The molecule has 0 aliphatic heterocycles. The molecule has 0 aliphatic carbocycles. The number of carbonyl (C=O) groups is 1. The van der Waals surface area contributed by atoms with Crippen LogP contribution < -0.4 is 10.9 Å². The molecule has 0 saturated carbocycles. The fourth-order valence-corrected chi connectivity index (χ4v) is 3.45. The highest BCUT2D eigenvalue weighted by Gasteiger charge is 2.18. The molecule has 3 rings (SSSR count). The van der Waals surface area contributed by atoms with Gasteiger partial charge in [-0.3, -0.25) is 14.2 Å². The van der Waals surface area contributed by atoms with Crippen LogP contribution in [0.4, 0.5) is 8.78 Å². The Morgan fingerprint density at radius 3 is 2.79 bits per heavy atom. The van der Waals surface area contributed by atoms with Crippen molar-refractivity contribution in [3.05, 3.63) is 63.4 Å². The number of terminal acetylenes is 1. The lowest BCUT2D eigenvalue weighted by Crippen LogP contribution is -2.27. The smallest absolute Gasteiger partial charge is 0.266 e. The molecule has 1 heterocycles. The van der Waals surface area contributed by atoms with E-state index in [1.165, 1.54) is 6.07 Å². The quantitative estimate of drug-likeness (QED) is 0.392. The zero-order chi connectivity index (χ0) is 20.3. The maximum Gasteiger partial charge on any atom is 0.266 e. The standard InChI is InChI=1S/C19H12ClF2N3O2S/c1-2-7-23-17(26)10-28-19-24-15-5-3-11(20)8-13(15)18(27)25(19)16-6-4-12(21)9-14(16)22/h1,3-6,8-9H,7,10H2,(H,23,26). The fraction of sp³-hybridized carbons (Fsp3) is 0.105. The van der Waals surface area contributed by atoms with Crippen LogP contribution in [0.3, 0.4) is 0 Å². The minimum atomic E-state index is -0.941. The lowest BCUT2D eigenvalue weighted by molar-refractivity contribution is -0.118. The van der Waals surface area contributed by atoms with E-state index in [0.717, 1.165) is 28.5 Å². The van der Waals surface area contributed by atoms with Gasteiger partial charge >= 0.3 is 0 Å². The molecule has 0 atom stereocenters. The number of carbonyl (C=O) groups excluding carboxylic acids is 1. The molecule has 0 fully saturated rings. The lowest BCUT2D eigenvalue weighted by Gasteiger charge is -2.14. The Morgan fingerprint density at radius 2 is 2.07 bits per heavy atom. The van der Waals surface area contributed by atoms with E-state index >= 15 is 0 Å². The summed E-state index contributed by atoms with van der Waals surface area (Å²) in [6, 6.07) is 7.35. The molecular formula is C19H12ClF2N3O2S. The van der Waals surface area contributed by atoms with E-state index in [1.807, 2.05) is 0 Å². The predicted molar refractivity (Wildman–Crippen MR) is 105 cm³/mol. The number of benzene rings is 2. The summed E-state index contributed by atoms with van der Waals surface area (Å²) in [5.74, 6) is 0.0749. The van der Waals surface area contributed by atoms with Crippen LogP contribution in [0, 0.1) is 24.0 Å². The summed E-state index contributed by atoms with van der Waals surface area (Å²) in [5, 5.41) is 3.03. The van der Waals surface area contributed by atoms with Gasteiger partial charge in [-0.2, -0.15) is 0 Å². The van der Waals surface area contributed by atoms with Crippen molar-refractivity contribution in [1.29, 1.82) is 0 Å². The van der Waals surface area contributed by atoms with Crippen molar-refractivity contribution in [3.8, 4) is 18.0 Å². The van der Waals surface area contributed by atoms with Gasteiger partial charge < -0.3 is 5.32 Å². The number of fused-ring (bicyclic) bond motifs is 1. The van der Waals surface area contributed by atoms with Crippen molar-refractivity contribution >= 4 is 40.2 Å². The summed E-state index contributed by atoms with van der Waals surface area (Å²) in [7, 11) is 0. The minimum Gasteiger partial charge on any atom is -0.344 e. The summed E-state index contributed by atoms with van der Waals surface area (Å²) in [5.41, 5.74) is -0.448. The van der Waals surface area contributed by atoms with Crippen molar-refractivity contribution in [1.82, 2.24) is 14.9 Å². The maximum atomic E-state index is 14.4. The predicted octanol–water partition coefficient (Wildman–Crippen LogP) is 3.16. The van der Waals surface area contributed by atoms with Crippen molar-refractivity contribution in [2.24, 2.45) is 0 Å². The molecule has 0 aliphatic rings. The molecular weight excluding hydrogens is 408 g/mol. The van der Waals surface area contributed by atoms with Gasteiger partial charge in [0.15, 0.2) is 5.16 Å². The van der Waals surface area contributed by atoms with Gasteiger partial charge in [0.2, 0.25) is 5.91 Å². The van der Waals surface area contributed by atoms with E-state index in [4.69, 9.17) is 18.0 Å². The Hall–Kier alpha value is -2.89. The number of nitrogens with zero attached hydrogens (tertiary/aromatic N) is 2. The second-order valence-electron chi connectivity index (χ2n) is 5.56. The first-order valence-electron chi connectivity index (χ1n) is 7.91. The van der Waals surface area contributed by atoms with Gasteiger partial charge in [0.05, 0.1) is 28.9 Å². The van der Waals surface area contributed by atoms with Crippen LogP contribution in [0.5, 0.6) is 0 Å². The number of aromatic nitrogens is 2. The fourth-order valence-electron chi connectivity index (χ4n) is 2.44. The average Bonchev–Trinajstić information content (AvgIpc) is 2.66. The molecule has 1 N–H and O–H groups in total. The Balaban J connectivity index is 2.15. The highest BCUT2D eigenvalue weighted by atomic mass is 35.5. The molecule has 0 bridgehead atoms. The van der Waals surface area contributed by atoms with Gasteiger partial charge in [0.25, 0.3) is 5.56 Å². The number of amides is 1. The second-order valence-corrected chi connectivity index (χ2v) is 6.94. The molecule has 28 heavy (non-hydrogen) atoms. The van der Waals surface area contributed by atoms with Gasteiger partial charge in [-0.05, 0) is 30.3 Å². The highest BCUT2D eigenvalue weighted by molar-refractivity contribution is 7.99. The third-order valence-electron chi connectivity index (χ3n) is 3.67. The minimum absolute atomic E-state index is 0.0580. The number of hydrogen-bond donors (Lipinski definition) is 1. The lowest BCUT2D eigenvalue weighted by atomic mass is 10.2. The Kier molecular flexibility index (Phi) is 5.97. The van der Waals surface area contributed by atoms with Crippen molar-refractivity contribution in [3.63, 3.8) is 0 Å². The summed E-state index contributed by atoms with van der Waals surface area (Å²) < 4.78 is 28.7. The normalized spacial score (nSPS) is 10.6. The van der Waals surface area contributed by atoms with Crippen molar-refractivity contribution in [2.45, 2.75) is 5.16 Å². The van der Waals surface area contributed by atoms with Gasteiger partial charge in [0.1, 0.15) is 11.6 Å². The highest BCUT2D eigenvalue weighted by Crippen LogP contribution is 2.24. The molecule has 9 heteroatoms. The van der Waals surface area contributed by atoms with Gasteiger partial charge in [-0.1, -0.05) is 29.3 Å². The third-order valence-corrected chi connectivity index (χ3v) is 4.84. The monoisotopic (exact) mass is 419 g/mol. The zero-order valence-electron chi connectivity index (χ0n) is 14.2. The van der Waals surface area contributed by atoms with E-state index in [9.17, 15) is 18.4 Å². The van der Waals surface area contributed by atoms with Crippen molar-refractivity contribution in [2.75, 3.05) is 12.3 Å². The average molecular weight is 420 g/mol. The molecule has 0 spiro atoms. The van der Waals surface area contributed by atoms with E-state index in [0.29, 0.717) is 16.6 Å². The van der Waals surface area contributed by atoms with E-state index in [2.05, 4.69) is 16.2 Å². The van der Waals surface area contributed by atoms with E-state index in [-0.39, 0.29) is 34.4 Å². The first-order valence-corrected chi connectivity index (χ1v) is 9.27. The molecule has 0 saturated heterocycles. The van der Waals surface area contributed by atoms with Crippen LogP contribution in [-0.2, 0) is 4.79 Å². The third kappa shape index (κ3) is 4.16. The van der Waals surface area contributed by atoms with Gasteiger partial charge in [-0.25, -0.2) is 13.8 Å². The van der Waals surface area contributed by atoms with E-state index in [1.54, 1.807) is 12.1 Å². The summed E-state index contributed by atoms with van der Waals surface area (Å²) in [6.45, 7) is 0.0580. The number of rotatable bonds is 5. The number of nitrogens with one attached hydrogen (secondary N) is 1. The Labute approximate surface area is 167 Å². The van der Waals surface area contributed by atoms with Crippen LogP contribution >= 0.6 is 23.4 Å². The molecule has 0 unspecified atom stereocenters. The first kappa shape index (κ1) is 19.9. The summed E-state index contributed by atoms with van der Waals surface area (Å²) in [6.07, 6.45) is 5.09. The number of hydrogen-bond acceptors (Lipinski definition) is 4. The Morgan fingerprint density at radius 1 is 1.29 bits per heavy atom. The van der Waals surface area contributed by atoms with E-state index < -0.39 is 17.2 Å². The molecule has 5 nitrogen and oxygen atoms in total. The molecule has 0 radical (unpaired) electrons. The second kappa shape index (κ2) is 8.42. The van der Waals surface area contributed by atoms with Gasteiger partial charge in [0, 0.05) is 11.1 Å². The molecule has 2 aromatic carbocycles. The van der Waals surface area contributed by atoms with Crippen LogP contribution in [0.2, 0.25) is 5.02 Å². The largest absolute Gasteiger partial charge is 0.344 e. The zero-order valence-corrected chi connectivity index (χ0v) is 15.8. The first-order chi connectivity index (χ1) is 13.4. The summed E-state index contributed by atoms with van der Waals surface area (Å²) >= 11 is 6.88. The SMILES string of the molecule is C#CCNC(=O)CSc1nc2ccc(Cl)cc2c(=O)n1-c1ccc(F)cc1F. The molecule has 3 aromatic rings. The van der Waals surface area contributed by atoms with Crippen LogP contribution in [-0.4, -0.2) is 27.8 Å². The van der Waals surface area contributed by atoms with Crippen molar-refractivity contribution < 1.29 is 13.6 Å². The number of thioether (sulfide) groups is 1. The maximum absolute atomic E-state index is 14.4. The van der Waals surface area contributed by atoms with Crippen LogP contribution in [0.1, 0.15) is 0 Å². The summed E-state index contributed by atoms with van der Waals surface area (Å²) in [4.78, 5) is 29.2. The Bertz CT molecular complexity index is 1170.